The van der Waals surface area contributed by atoms with Gasteiger partial charge in [0.2, 0.25) is 5.91 Å². The summed E-state index contributed by atoms with van der Waals surface area (Å²) in [6.07, 6.45) is 0.952. The molecule has 13 heavy (non-hydrogen) atoms. The molecule has 0 saturated carbocycles. The van der Waals surface area contributed by atoms with Gasteiger partial charge in [0.15, 0.2) is 0 Å². The normalized spacial score (nSPS) is 26.4. The van der Waals surface area contributed by atoms with Gasteiger partial charge in [0.1, 0.15) is 0 Å². The Hall–Kier alpha value is -1.31. The standard InChI is InChI=1S/C11H13NO/c1-8-10(12-11(8)13)7-9-5-3-2-4-6-9/h2-6,8,10H,7H2,1H3,(H,12,13)/t8-,10+/m1/s1. The fraction of sp³-hybridized carbons (Fsp3) is 0.364. The van der Waals surface area contributed by atoms with Gasteiger partial charge in [-0.1, -0.05) is 37.3 Å². The number of carbonyl (C=O) groups excluding carboxylic acids is 1. The third-order valence-electron chi connectivity index (χ3n) is 2.64. The number of hydrogen-bond donors (Lipinski definition) is 1. The van der Waals surface area contributed by atoms with Crippen LogP contribution in [0.3, 0.4) is 0 Å². The average Bonchev–Trinajstić information content (AvgIpc) is 2.19. The first-order valence-electron chi connectivity index (χ1n) is 4.61. The van der Waals surface area contributed by atoms with Gasteiger partial charge >= 0.3 is 0 Å². The van der Waals surface area contributed by atoms with Crippen molar-refractivity contribution in [1.82, 2.24) is 5.32 Å². The molecule has 2 heteroatoms. The highest BCUT2D eigenvalue weighted by Crippen LogP contribution is 2.18. The second kappa shape index (κ2) is 3.21. The zero-order valence-corrected chi connectivity index (χ0v) is 7.66. The van der Waals surface area contributed by atoms with Crippen LogP contribution in [0.15, 0.2) is 30.3 Å². The lowest BCUT2D eigenvalue weighted by atomic mass is 9.87. The molecular formula is C11H13NO. The molecule has 1 amide bonds. The Balaban J connectivity index is 1.97. The molecule has 0 radical (unpaired) electrons. The lowest BCUT2D eigenvalue weighted by Gasteiger charge is -2.34. The molecule has 2 nitrogen and oxygen atoms in total. The first-order chi connectivity index (χ1) is 6.27. The van der Waals surface area contributed by atoms with Crippen LogP contribution in [0.1, 0.15) is 12.5 Å². The molecule has 68 valence electrons. The molecular weight excluding hydrogens is 162 g/mol. The molecule has 1 fully saturated rings. The number of rotatable bonds is 2. The van der Waals surface area contributed by atoms with Crippen molar-refractivity contribution in [2.24, 2.45) is 5.92 Å². The van der Waals surface area contributed by atoms with E-state index in [1.54, 1.807) is 0 Å². The van der Waals surface area contributed by atoms with Gasteiger partial charge < -0.3 is 5.32 Å². The molecule has 2 rings (SSSR count). The van der Waals surface area contributed by atoms with Gasteiger partial charge in [-0.05, 0) is 12.0 Å². The van der Waals surface area contributed by atoms with E-state index in [1.807, 2.05) is 25.1 Å². The lowest BCUT2D eigenvalue weighted by molar-refractivity contribution is -0.133. The Bertz CT molecular complexity index is 307. The summed E-state index contributed by atoms with van der Waals surface area (Å²) in [4.78, 5) is 10.9. The second-order valence-corrected chi connectivity index (χ2v) is 3.59. The number of nitrogens with one attached hydrogen (secondary N) is 1. The first-order valence-corrected chi connectivity index (χ1v) is 4.61. The molecule has 0 spiro atoms. The van der Waals surface area contributed by atoms with Crippen LogP contribution < -0.4 is 5.32 Å². The van der Waals surface area contributed by atoms with Crippen molar-refractivity contribution in [3.8, 4) is 0 Å². The van der Waals surface area contributed by atoms with E-state index in [-0.39, 0.29) is 11.8 Å². The predicted octanol–water partition coefficient (Wildman–Crippen LogP) is 1.36. The van der Waals surface area contributed by atoms with E-state index in [1.165, 1.54) is 5.56 Å². The number of carbonyl (C=O) groups is 1. The molecule has 1 heterocycles. The van der Waals surface area contributed by atoms with Crippen molar-refractivity contribution >= 4 is 5.91 Å². The summed E-state index contributed by atoms with van der Waals surface area (Å²) in [5.41, 5.74) is 1.29. The molecule has 2 atom stereocenters. The molecule has 0 aliphatic carbocycles. The average molecular weight is 175 g/mol. The van der Waals surface area contributed by atoms with Gasteiger partial charge in [0.25, 0.3) is 0 Å². The van der Waals surface area contributed by atoms with Crippen LogP contribution in [0.5, 0.6) is 0 Å². The molecule has 1 aliphatic rings. The number of β-lactam (4-membered cyclic amide) rings is 1. The second-order valence-electron chi connectivity index (χ2n) is 3.59. The minimum absolute atomic E-state index is 0.181. The fourth-order valence-electron chi connectivity index (χ4n) is 1.62. The summed E-state index contributed by atoms with van der Waals surface area (Å²) in [6.45, 7) is 1.98. The van der Waals surface area contributed by atoms with Crippen LogP contribution in [0.2, 0.25) is 0 Å². The number of amides is 1. The van der Waals surface area contributed by atoms with Gasteiger partial charge in [-0.15, -0.1) is 0 Å². The van der Waals surface area contributed by atoms with Crippen LogP contribution in [0.4, 0.5) is 0 Å². The van der Waals surface area contributed by atoms with E-state index in [9.17, 15) is 4.79 Å². The van der Waals surface area contributed by atoms with E-state index >= 15 is 0 Å². The van der Waals surface area contributed by atoms with Gasteiger partial charge in [0.05, 0.1) is 5.92 Å². The summed E-state index contributed by atoms with van der Waals surface area (Å²) in [7, 11) is 0. The Morgan fingerprint density at radius 1 is 1.31 bits per heavy atom. The van der Waals surface area contributed by atoms with Gasteiger partial charge in [-0.2, -0.15) is 0 Å². The van der Waals surface area contributed by atoms with Crippen LogP contribution >= 0.6 is 0 Å². The summed E-state index contributed by atoms with van der Waals surface area (Å²) in [5, 5.41) is 2.90. The molecule has 0 bridgehead atoms. The zero-order chi connectivity index (χ0) is 9.26. The summed E-state index contributed by atoms with van der Waals surface area (Å²) >= 11 is 0. The smallest absolute Gasteiger partial charge is 0.225 e. The van der Waals surface area contributed by atoms with Crippen LogP contribution in [-0.4, -0.2) is 11.9 Å². The number of benzene rings is 1. The predicted molar refractivity (Wildman–Crippen MR) is 51.2 cm³/mol. The van der Waals surface area contributed by atoms with Crippen LogP contribution in [0.25, 0.3) is 0 Å². The van der Waals surface area contributed by atoms with Crippen molar-refractivity contribution in [2.45, 2.75) is 19.4 Å². The largest absolute Gasteiger partial charge is 0.352 e. The minimum atomic E-state index is 0.181. The van der Waals surface area contributed by atoms with Crippen molar-refractivity contribution < 1.29 is 4.79 Å². The SMILES string of the molecule is C[C@H]1C(=O)N[C@H]1Cc1ccccc1. The maximum atomic E-state index is 10.9. The zero-order valence-electron chi connectivity index (χ0n) is 7.66. The summed E-state index contributed by atoms with van der Waals surface area (Å²) in [5.74, 6) is 0.362. The van der Waals surface area contributed by atoms with E-state index in [2.05, 4.69) is 17.4 Å². The molecule has 1 aliphatic heterocycles. The fourth-order valence-corrected chi connectivity index (χ4v) is 1.62. The maximum absolute atomic E-state index is 10.9. The van der Waals surface area contributed by atoms with Crippen molar-refractivity contribution in [2.75, 3.05) is 0 Å². The Labute approximate surface area is 78.0 Å². The Morgan fingerprint density at radius 3 is 2.54 bits per heavy atom. The quantitative estimate of drug-likeness (QED) is 0.676. The first kappa shape index (κ1) is 8.30. The Morgan fingerprint density at radius 2 is 2.00 bits per heavy atom. The Kier molecular flexibility index (Phi) is 2.05. The molecule has 1 saturated heterocycles. The third-order valence-corrected chi connectivity index (χ3v) is 2.64. The molecule has 1 aromatic carbocycles. The van der Waals surface area contributed by atoms with Crippen molar-refractivity contribution in [3.63, 3.8) is 0 Å². The van der Waals surface area contributed by atoms with Crippen molar-refractivity contribution in [1.29, 1.82) is 0 Å². The highest BCUT2D eigenvalue weighted by molar-refractivity contribution is 5.85. The monoisotopic (exact) mass is 175 g/mol. The van der Waals surface area contributed by atoms with E-state index < -0.39 is 0 Å². The van der Waals surface area contributed by atoms with Crippen LogP contribution in [0, 0.1) is 5.92 Å². The minimum Gasteiger partial charge on any atom is -0.352 e. The van der Waals surface area contributed by atoms with Gasteiger partial charge in [-0.3, -0.25) is 4.79 Å². The van der Waals surface area contributed by atoms with E-state index in [4.69, 9.17) is 0 Å². The highest BCUT2D eigenvalue weighted by atomic mass is 16.2. The van der Waals surface area contributed by atoms with Crippen LogP contribution in [-0.2, 0) is 11.2 Å². The topological polar surface area (TPSA) is 29.1 Å². The van der Waals surface area contributed by atoms with Gasteiger partial charge in [-0.25, -0.2) is 0 Å². The summed E-state index contributed by atoms with van der Waals surface area (Å²) < 4.78 is 0. The maximum Gasteiger partial charge on any atom is 0.225 e. The van der Waals surface area contributed by atoms with Gasteiger partial charge in [0, 0.05) is 6.04 Å². The molecule has 1 N–H and O–H groups in total. The van der Waals surface area contributed by atoms with E-state index in [0.717, 1.165) is 6.42 Å². The molecule has 0 unspecified atom stereocenters. The molecule has 1 aromatic rings. The third kappa shape index (κ3) is 1.57. The van der Waals surface area contributed by atoms with E-state index in [0.29, 0.717) is 6.04 Å². The highest BCUT2D eigenvalue weighted by Gasteiger charge is 2.34. The molecule has 0 aromatic heterocycles. The summed E-state index contributed by atoms with van der Waals surface area (Å²) in [6, 6.07) is 10.6. The van der Waals surface area contributed by atoms with Crippen molar-refractivity contribution in [3.05, 3.63) is 35.9 Å². The number of hydrogen-bond acceptors (Lipinski definition) is 1. The lowest BCUT2D eigenvalue weighted by Crippen LogP contribution is -2.57.